The Hall–Kier alpha value is -1.84. The molecule has 1 aromatic carbocycles. The Bertz CT molecular complexity index is 611. The highest BCUT2D eigenvalue weighted by molar-refractivity contribution is 5.95. The lowest BCUT2D eigenvalue weighted by Gasteiger charge is -2.03. The summed E-state index contributed by atoms with van der Waals surface area (Å²) in [5.74, 6) is -1.51. The van der Waals surface area contributed by atoms with Crippen molar-refractivity contribution in [1.82, 2.24) is 0 Å². The third kappa shape index (κ3) is 1.98. The largest absolute Gasteiger partial charge is 0.475 e. The van der Waals surface area contributed by atoms with Crippen LogP contribution in [0, 0.1) is 18.7 Å². The van der Waals surface area contributed by atoms with E-state index in [0.717, 1.165) is 0 Å². The molecule has 0 saturated carbocycles. The second-order valence-corrected chi connectivity index (χ2v) is 4.89. The van der Waals surface area contributed by atoms with Crippen LogP contribution in [0.25, 0.3) is 11.0 Å². The quantitative estimate of drug-likeness (QED) is 0.901. The van der Waals surface area contributed by atoms with Gasteiger partial charge >= 0.3 is 5.97 Å². The third-order valence-electron chi connectivity index (χ3n) is 2.90. The van der Waals surface area contributed by atoms with Gasteiger partial charge in [-0.3, -0.25) is 0 Å². The molecule has 0 radical (unpaired) electrons. The Morgan fingerprint density at radius 1 is 1.44 bits per heavy atom. The summed E-state index contributed by atoms with van der Waals surface area (Å²) in [6.07, 6.45) is 0.553. The van der Waals surface area contributed by atoms with Gasteiger partial charge in [-0.1, -0.05) is 26.0 Å². The normalized spacial score (nSPS) is 11.4. The highest BCUT2D eigenvalue weighted by Gasteiger charge is 2.22. The fourth-order valence-electron chi connectivity index (χ4n) is 2.06. The summed E-state index contributed by atoms with van der Waals surface area (Å²) < 4.78 is 19.1. The van der Waals surface area contributed by atoms with Crippen molar-refractivity contribution in [3.8, 4) is 0 Å². The van der Waals surface area contributed by atoms with E-state index >= 15 is 0 Å². The first-order valence-electron chi connectivity index (χ1n) is 5.85. The van der Waals surface area contributed by atoms with E-state index in [9.17, 15) is 9.18 Å². The number of fused-ring (bicyclic) bond motifs is 1. The maximum absolute atomic E-state index is 13.9. The molecule has 0 aliphatic rings. The Morgan fingerprint density at radius 2 is 2.11 bits per heavy atom. The first-order valence-corrected chi connectivity index (χ1v) is 5.85. The van der Waals surface area contributed by atoms with E-state index in [0.29, 0.717) is 22.9 Å². The van der Waals surface area contributed by atoms with E-state index in [1.165, 1.54) is 0 Å². The molecule has 1 heterocycles. The van der Waals surface area contributed by atoms with Gasteiger partial charge in [-0.2, -0.15) is 0 Å². The standard InChI is InChI=1S/C14H15FO3/c1-7(2)6-10-9-5-4-8(3)11(15)12(9)18-13(10)14(16)17/h4-5,7H,6H2,1-3H3,(H,16,17). The molecule has 96 valence electrons. The molecule has 0 bridgehead atoms. The lowest BCUT2D eigenvalue weighted by Crippen LogP contribution is -2.02. The van der Waals surface area contributed by atoms with Crippen molar-refractivity contribution in [2.45, 2.75) is 27.2 Å². The summed E-state index contributed by atoms with van der Waals surface area (Å²) in [4.78, 5) is 11.2. The number of benzene rings is 1. The van der Waals surface area contributed by atoms with E-state index in [1.807, 2.05) is 13.8 Å². The van der Waals surface area contributed by atoms with Gasteiger partial charge < -0.3 is 9.52 Å². The van der Waals surface area contributed by atoms with Crippen molar-refractivity contribution in [2.24, 2.45) is 5.92 Å². The lowest BCUT2D eigenvalue weighted by atomic mass is 9.99. The van der Waals surface area contributed by atoms with Crippen molar-refractivity contribution in [3.63, 3.8) is 0 Å². The van der Waals surface area contributed by atoms with E-state index in [1.54, 1.807) is 19.1 Å². The van der Waals surface area contributed by atoms with E-state index < -0.39 is 11.8 Å². The molecule has 0 fully saturated rings. The van der Waals surface area contributed by atoms with Gasteiger partial charge in [-0.05, 0) is 24.8 Å². The van der Waals surface area contributed by atoms with Crippen LogP contribution in [0.15, 0.2) is 16.5 Å². The van der Waals surface area contributed by atoms with Gasteiger partial charge in [0.2, 0.25) is 5.76 Å². The van der Waals surface area contributed by atoms with Crippen molar-refractivity contribution in [2.75, 3.05) is 0 Å². The predicted molar refractivity (Wildman–Crippen MR) is 66.4 cm³/mol. The van der Waals surface area contributed by atoms with Crippen LogP contribution in [-0.4, -0.2) is 11.1 Å². The fourth-order valence-corrected chi connectivity index (χ4v) is 2.06. The summed E-state index contributed by atoms with van der Waals surface area (Å²) in [6.45, 7) is 5.59. The lowest BCUT2D eigenvalue weighted by molar-refractivity contribution is 0.0663. The number of carboxylic acid groups (broad SMARTS) is 1. The van der Waals surface area contributed by atoms with Gasteiger partial charge in [0.15, 0.2) is 11.4 Å². The fraction of sp³-hybridized carbons (Fsp3) is 0.357. The molecule has 3 nitrogen and oxygen atoms in total. The number of aromatic carboxylic acids is 1. The number of furan rings is 1. The molecule has 2 aromatic rings. The van der Waals surface area contributed by atoms with Gasteiger partial charge in [0.1, 0.15) is 0 Å². The predicted octanol–water partition coefficient (Wildman–Crippen LogP) is 3.78. The van der Waals surface area contributed by atoms with Crippen molar-refractivity contribution in [3.05, 3.63) is 34.8 Å². The molecule has 0 amide bonds. The molecule has 0 saturated heterocycles. The monoisotopic (exact) mass is 250 g/mol. The highest BCUT2D eigenvalue weighted by atomic mass is 19.1. The van der Waals surface area contributed by atoms with Gasteiger partial charge in [0.25, 0.3) is 0 Å². The van der Waals surface area contributed by atoms with Crippen LogP contribution in [0.4, 0.5) is 4.39 Å². The van der Waals surface area contributed by atoms with E-state index in [2.05, 4.69) is 0 Å². The Balaban J connectivity index is 2.75. The molecule has 2 rings (SSSR count). The second-order valence-electron chi connectivity index (χ2n) is 4.89. The van der Waals surface area contributed by atoms with Gasteiger partial charge in [-0.25, -0.2) is 9.18 Å². The molecule has 0 unspecified atom stereocenters. The molecule has 0 aliphatic heterocycles. The van der Waals surface area contributed by atoms with Crippen LogP contribution in [-0.2, 0) is 6.42 Å². The molecule has 0 spiro atoms. The summed E-state index contributed by atoms with van der Waals surface area (Å²) in [5.41, 5.74) is 1.07. The van der Waals surface area contributed by atoms with Crippen molar-refractivity contribution in [1.29, 1.82) is 0 Å². The highest BCUT2D eigenvalue weighted by Crippen LogP contribution is 2.31. The number of halogens is 1. The Labute approximate surface area is 104 Å². The first-order chi connectivity index (χ1) is 8.41. The number of rotatable bonds is 3. The zero-order chi connectivity index (χ0) is 13.4. The van der Waals surface area contributed by atoms with E-state index in [4.69, 9.17) is 9.52 Å². The van der Waals surface area contributed by atoms with Crippen LogP contribution < -0.4 is 0 Å². The summed E-state index contributed by atoms with van der Waals surface area (Å²) in [6, 6.07) is 3.37. The van der Waals surface area contributed by atoms with E-state index in [-0.39, 0.29) is 17.3 Å². The molecule has 0 atom stereocenters. The van der Waals surface area contributed by atoms with Gasteiger partial charge in [0, 0.05) is 10.9 Å². The molecule has 18 heavy (non-hydrogen) atoms. The topological polar surface area (TPSA) is 50.4 Å². The number of aryl methyl sites for hydroxylation is 1. The van der Waals surface area contributed by atoms with Crippen LogP contribution in [0.5, 0.6) is 0 Å². The number of carbonyl (C=O) groups is 1. The Kier molecular flexibility index (Phi) is 3.11. The molecular weight excluding hydrogens is 235 g/mol. The molecule has 0 aliphatic carbocycles. The first kappa shape index (κ1) is 12.6. The average Bonchev–Trinajstić information content (AvgIpc) is 2.63. The number of hydrogen-bond donors (Lipinski definition) is 1. The van der Waals surface area contributed by atoms with Crippen molar-refractivity contribution >= 4 is 16.9 Å². The minimum absolute atomic E-state index is 0.0445. The molecular formula is C14H15FO3. The summed E-state index contributed by atoms with van der Waals surface area (Å²) >= 11 is 0. The zero-order valence-electron chi connectivity index (χ0n) is 10.6. The van der Waals surface area contributed by atoms with Gasteiger partial charge in [-0.15, -0.1) is 0 Å². The van der Waals surface area contributed by atoms with Crippen LogP contribution >= 0.6 is 0 Å². The third-order valence-corrected chi connectivity index (χ3v) is 2.90. The van der Waals surface area contributed by atoms with Crippen LogP contribution in [0.1, 0.15) is 35.5 Å². The van der Waals surface area contributed by atoms with Crippen LogP contribution in [0.3, 0.4) is 0 Å². The maximum Gasteiger partial charge on any atom is 0.372 e. The van der Waals surface area contributed by atoms with Gasteiger partial charge in [0.05, 0.1) is 0 Å². The molecule has 1 N–H and O–H groups in total. The second kappa shape index (κ2) is 4.44. The number of carboxylic acids is 1. The summed E-state index contributed by atoms with van der Waals surface area (Å²) in [5, 5.41) is 9.68. The summed E-state index contributed by atoms with van der Waals surface area (Å²) in [7, 11) is 0. The Morgan fingerprint density at radius 3 is 2.67 bits per heavy atom. The minimum Gasteiger partial charge on any atom is -0.475 e. The average molecular weight is 250 g/mol. The molecule has 4 heteroatoms. The minimum atomic E-state index is -1.15. The SMILES string of the molecule is Cc1ccc2c(CC(C)C)c(C(=O)O)oc2c1F. The zero-order valence-corrected chi connectivity index (χ0v) is 10.6. The maximum atomic E-state index is 13.9. The smallest absolute Gasteiger partial charge is 0.372 e. The van der Waals surface area contributed by atoms with Crippen molar-refractivity contribution < 1.29 is 18.7 Å². The van der Waals surface area contributed by atoms with Crippen LogP contribution in [0.2, 0.25) is 0 Å². The number of hydrogen-bond acceptors (Lipinski definition) is 2. The molecule has 1 aromatic heterocycles.